The second kappa shape index (κ2) is 28.0. The summed E-state index contributed by atoms with van der Waals surface area (Å²) in [5, 5.41) is 0. The molecule has 0 unspecified atom stereocenters. The summed E-state index contributed by atoms with van der Waals surface area (Å²) in [6.07, 6.45) is 30.3. The van der Waals surface area contributed by atoms with Gasteiger partial charge in [-0.15, -0.1) is 0 Å². The lowest BCUT2D eigenvalue weighted by molar-refractivity contribution is 0.213. The van der Waals surface area contributed by atoms with Crippen molar-refractivity contribution in [2.24, 2.45) is 0 Å². The van der Waals surface area contributed by atoms with Gasteiger partial charge in [0.1, 0.15) is 0 Å². The third-order valence-corrected chi connectivity index (χ3v) is 5.87. The molecule has 0 rings (SSSR count). The zero-order chi connectivity index (χ0) is 21.1. The minimum Gasteiger partial charge on any atom is -0.413 e. The second-order valence-corrected chi connectivity index (χ2v) is 8.91. The maximum atomic E-state index is 5.47. The molecule has 0 saturated heterocycles. The lowest BCUT2D eigenvalue weighted by Crippen LogP contribution is -2.07. The van der Waals surface area contributed by atoms with E-state index >= 15 is 0 Å². The van der Waals surface area contributed by atoms with Crippen LogP contribution in [-0.2, 0) is 9.31 Å². The van der Waals surface area contributed by atoms with Gasteiger partial charge in [0.15, 0.2) is 0 Å². The molecule has 0 spiro atoms. The highest BCUT2D eigenvalue weighted by Gasteiger charge is 1.97. The lowest BCUT2D eigenvalue weighted by Gasteiger charge is -2.05. The number of rotatable bonds is 26. The van der Waals surface area contributed by atoms with Crippen LogP contribution in [-0.4, -0.2) is 20.9 Å². The Balaban J connectivity index is 2.97. The summed E-state index contributed by atoms with van der Waals surface area (Å²) in [4.78, 5) is 0. The minimum atomic E-state index is 0.815. The largest absolute Gasteiger partial charge is 0.487 e. The van der Waals surface area contributed by atoms with Crippen molar-refractivity contribution in [3.63, 3.8) is 0 Å². The lowest BCUT2D eigenvalue weighted by atomic mass is 10.1. The van der Waals surface area contributed by atoms with Crippen LogP contribution in [0.1, 0.15) is 155 Å². The molecular weight excluding hydrogens is 355 g/mol. The summed E-state index contributed by atoms with van der Waals surface area (Å²) in [6.45, 7) is 6.20. The normalized spacial score (nSPS) is 11.2. The van der Waals surface area contributed by atoms with Gasteiger partial charge in [-0.25, -0.2) is 0 Å². The fourth-order valence-electron chi connectivity index (χ4n) is 3.84. The summed E-state index contributed by atoms with van der Waals surface area (Å²) in [5.74, 6) is 0. The van der Waals surface area contributed by atoms with Gasteiger partial charge in [-0.05, 0) is 12.8 Å². The maximum Gasteiger partial charge on any atom is 0.487 e. The molecule has 0 atom stereocenters. The summed E-state index contributed by atoms with van der Waals surface area (Å²) >= 11 is 0. The third kappa shape index (κ3) is 28.0. The molecule has 0 aliphatic carbocycles. The predicted octanol–water partition coefficient (Wildman–Crippen LogP) is 9.18. The van der Waals surface area contributed by atoms with Crippen LogP contribution in [0.5, 0.6) is 0 Å². The second-order valence-electron chi connectivity index (χ2n) is 8.91. The smallest absolute Gasteiger partial charge is 0.413 e. The fourth-order valence-corrected chi connectivity index (χ4v) is 3.84. The molecule has 0 aromatic rings. The Hall–Kier alpha value is -0.0151. The van der Waals surface area contributed by atoms with E-state index in [-0.39, 0.29) is 0 Å². The molecule has 0 bridgehead atoms. The average Bonchev–Trinajstić information content (AvgIpc) is 2.74. The monoisotopic (exact) mass is 409 g/mol. The Bertz CT molecular complexity index is 247. The highest BCUT2D eigenvalue weighted by Crippen LogP contribution is 2.12. The van der Waals surface area contributed by atoms with Gasteiger partial charge in [0.25, 0.3) is 0 Å². The van der Waals surface area contributed by atoms with E-state index in [0.717, 1.165) is 26.1 Å². The molecule has 0 aliphatic rings. The van der Waals surface area contributed by atoms with Gasteiger partial charge in [-0.1, -0.05) is 142 Å². The van der Waals surface area contributed by atoms with Crippen LogP contribution >= 0.6 is 0 Å². The number of unbranched alkanes of at least 4 members (excludes halogenated alkanes) is 20. The van der Waals surface area contributed by atoms with Crippen LogP contribution in [0.2, 0.25) is 0 Å². The molecule has 0 fully saturated rings. The van der Waals surface area contributed by atoms with Crippen molar-refractivity contribution < 1.29 is 9.31 Å². The van der Waals surface area contributed by atoms with Gasteiger partial charge in [0.05, 0.1) is 0 Å². The van der Waals surface area contributed by atoms with E-state index in [1.54, 1.807) is 7.69 Å². The maximum absolute atomic E-state index is 5.47. The third-order valence-electron chi connectivity index (χ3n) is 5.87. The minimum absolute atomic E-state index is 0.815. The first kappa shape index (κ1) is 29.0. The molecular formula is C26H54BO2. The van der Waals surface area contributed by atoms with Crippen LogP contribution < -0.4 is 0 Å². The molecule has 0 amide bonds. The first-order valence-electron chi connectivity index (χ1n) is 13.5. The highest BCUT2D eigenvalue weighted by atomic mass is 16.6. The van der Waals surface area contributed by atoms with Gasteiger partial charge in [0, 0.05) is 13.2 Å². The zero-order valence-electron chi connectivity index (χ0n) is 20.4. The van der Waals surface area contributed by atoms with E-state index in [1.165, 1.54) is 128 Å². The van der Waals surface area contributed by atoms with Crippen molar-refractivity contribution in [2.75, 3.05) is 13.2 Å². The standard InChI is InChI=1S/C26H54BO2/c1-3-5-7-9-11-13-15-17-19-21-23-25-28-27-29-26-24-22-20-18-16-14-12-10-8-6-4-2/h3-26H2,1-2H3. The van der Waals surface area contributed by atoms with E-state index in [1.807, 2.05) is 0 Å². The van der Waals surface area contributed by atoms with Gasteiger partial charge in [-0.2, -0.15) is 0 Å². The van der Waals surface area contributed by atoms with Crippen molar-refractivity contribution in [3.05, 3.63) is 0 Å². The van der Waals surface area contributed by atoms with E-state index < -0.39 is 0 Å². The Labute approximate surface area is 185 Å². The molecule has 0 N–H and O–H groups in total. The highest BCUT2D eigenvalue weighted by molar-refractivity contribution is 6.17. The van der Waals surface area contributed by atoms with Crippen molar-refractivity contribution in [2.45, 2.75) is 155 Å². The Morgan fingerprint density at radius 3 is 0.862 bits per heavy atom. The Kier molecular flexibility index (Phi) is 28.0. The first-order chi connectivity index (χ1) is 14.4. The summed E-state index contributed by atoms with van der Waals surface area (Å²) in [6, 6.07) is 0. The van der Waals surface area contributed by atoms with Crippen molar-refractivity contribution >= 4 is 7.69 Å². The van der Waals surface area contributed by atoms with Gasteiger partial charge in [-0.3, -0.25) is 0 Å². The van der Waals surface area contributed by atoms with E-state index in [2.05, 4.69) is 13.8 Å². The van der Waals surface area contributed by atoms with Crippen LogP contribution in [0.25, 0.3) is 0 Å². The molecule has 3 heteroatoms. The molecule has 29 heavy (non-hydrogen) atoms. The average molecular weight is 410 g/mol. The summed E-state index contributed by atoms with van der Waals surface area (Å²) in [7, 11) is 1.58. The molecule has 0 heterocycles. The Morgan fingerprint density at radius 2 is 0.586 bits per heavy atom. The van der Waals surface area contributed by atoms with Crippen molar-refractivity contribution in [1.82, 2.24) is 0 Å². The summed E-state index contributed by atoms with van der Waals surface area (Å²) in [5.41, 5.74) is 0. The molecule has 0 aromatic heterocycles. The van der Waals surface area contributed by atoms with Gasteiger partial charge < -0.3 is 9.31 Å². The Morgan fingerprint density at radius 1 is 0.345 bits per heavy atom. The number of hydrogen-bond acceptors (Lipinski definition) is 2. The quantitative estimate of drug-likeness (QED) is 0.105. The van der Waals surface area contributed by atoms with E-state index in [0.29, 0.717) is 0 Å². The zero-order valence-corrected chi connectivity index (χ0v) is 20.4. The van der Waals surface area contributed by atoms with Crippen molar-refractivity contribution in [3.8, 4) is 0 Å². The molecule has 173 valence electrons. The molecule has 0 aromatic carbocycles. The SMILES string of the molecule is CCCCCCCCCCCCCO[B]OCCCCCCCCCCCCC. The van der Waals surface area contributed by atoms with Gasteiger partial charge in [0.2, 0.25) is 0 Å². The predicted molar refractivity (Wildman–Crippen MR) is 131 cm³/mol. The van der Waals surface area contributed by atoms with E-state index in [4.69, 9.17) is 9.31 Å². The molecule has 0 saturated carbocycles. The molecule has 1 radical (unpaired) electrons. The van der Waals surface area contributed by atoms with Gasteiger partial charge >= 0.3 is 7.69 Å². The topological polar surface area (TPSA) is 18.5 Å². The molecule has 0 aliphatic heterocycles. The van der Waals surface area contributed by atoms with Crippen LogP contribution in [0.4, 0.5) is 0 Å². The van der Waals surface area contributed by atoms with Crippen LogP contribution in [0.15, 0.2) is 0 Å². The van der Waals surface area contributed by atoms with E-state index in [9.17, 15) is 0 Å². The van der Waals surface area contributed by atoms with Crippen LogP contribution in [0, 0.1) is 0 Å². The van der Waals surface area contributed by atoms with Crippen LogP contribution in [0.3, 0.4) is 0 Å². The fraction of sp³-hybridized carbons (Fsp3) is 1.00. The number of hydrogen-bond donors (Lipinski definition) is 0. The molecule has 2 nitrogen and oxygen atoms in total. The van der Waals surface area contributed by atoms with Crippen molar-refractivity contribution in [1.29, 1.82) is 0 Å². The first-order valence-corrected chi connectivity index (χ1v) is 13.5. The summed E-state index contributed by atoms with van der Waals surface area (Å²) < 4.78 is 10.9.